The minimum Gasteiger partial charge on any atom is -0.193 e. The third-order valence-electron chi connectivity index (χ3n) is 4.19. The van der Waals surface area contributed by atoms with Crippen molar-refractivity contribution < 1.29 is 9.90 Å². The first-order valence-corrected chi connectivity index (χ1v) is 17.1. The van der Waals surface area contributed by atoms with E-state index in [1.807, 2.05) is 48.6 Å². The van der Waals surface area contributed by atoms with Crippen LogP contribution in [0.5, 0.6) is 0 Å². The van der Waals surface area contributed by atoms with E-state index in [0.717, 1.165) is 11.6 Å². The van der Waals surface area contributed by atoms with E-state index in [4.69, 9.17) is 15.2 Å². The van der Waals surface area contributed by atoms with Crippen molar-refractivity contribution in [3.05, 3.63) is 66.8 Å². The Labute approximate surface area is 192 Å². The SMILES string of the molecule is C=CC(=O)[O-].CCC[CH2][Sn+]([CH2]CCC)[CH2]CCC.N#CC=CC=Cc1ccccc1. The summed E-state index contributed by atoms with van der Waals surface area (Å²) in [5.74, 6) is -1.23. The molecular formula is C26H39NO2Sn. The molecule has 0 aromatic heterocycles. The Morgan fingerprint density at radius 1 is 1.00 bits per heavy atom. The van der Waals surface area contributed by atoms with Gasteiger partial charge in [0.1, 0.15) is 0 Å². The molecule has 0 bridgehead atoms. The smallest absolute Gasteiger partial charge is 0.0912 e. The molecule has 164 valence electrons. The minimum atomic E-state index is -1.23. The molecule has 0 saturated heterocycles. The van der Waals surface area contributed by atoms with Gasteiger partial charge in [-0.1, -0.05) is 55.1 Å². The van der Waals surface area contributed by atoms with Crippen LogP contribution in [0.2, 0.25) is 13.3 Å². The molecule has 0 fully saturated rings. The summed E-state index contributed by atoms with van der Waals surface area (Å²) in [5.41, 5.74) is 1.14. The van der Waals surface area contributed by atoms with Crippen molar-refractivity contribution in [3.63, 3.8) is 0 Å². The van der Waals surface area contributed by atoms with Crippen molar-refractivity contribution in [2.45, 2.75) is 72.6 Å². The number of hydrogen-bond donors (Lipinski definition) is 0. The van der Waals surface area contributed by atoms with Crippen molar-refractivity contribution >= 4 is 31.8 Å². The monoisotopic (exact) mass is 517 g/mol. The van der Waals surface area contributed by atoms with Gasteiger partial charge in [0.2, 0.25) is 0 Å². The zero-order chi connectivity index (χ0) is 22.9. The van der Waals surface area contributed by atoms with Crippen LogP contribution in [-0.4, -0.2) is 25.7 Å². The summed E-state index contributed by atoms with van der Waals surface area (Å²) in [6.45, 7) is 9.90. The van der Waals surface area contributed by atoms with E-state index in [1.165, 1.54) is 44.6 Å². The van der Waals surface area contributed by atoms with Gasteiger partial charge >= 0.3 is 92.4 Å². The number of nitriles is 1. The molecule has 0 unspecified atom stereocenters. The fourth-order valence-electron chi connectivity index (χ4n) is 2.48. The fourth-order valence-corrected chi connectivity index (χ4v) is 11.9. The van der Waals surface area contributed by atoms with Gasteiger partial charge in [-0.2, -0.15) is 5.26 Å². The molecule has 0 N–H and O–H groups in total. The molecule has 0 aliphatic carbocycles. The number of carbonyl (C=O) groups is 1. The largest absolute Gasteiger partial charge is 0.193 e. The van der Waals surface area contributed by atoms with E-state index in [1.54, 1.807) is 19.4 Å². The predicted molar refractivity (Wildman–Crippen MR) is 130 cm³/mol. The molecule has 0 aliphatic heterocycles. The van der Waals surface area contributed by atoms with Crippen LogP contribution in [0, 0.1) is 11.3 Å². The van der Waals surface area contributed by atoms with Crippen LogP contribution in [0.25, 0.3) is 6.08 Å². The maximum absolute atomic E-state index is 9.14. The second-order valence-corrected chi connectivity index (χ2v) is 15.4. The maximum Gasteiger partial charge on any atom is 0.0912 e. The van der Waals surface area contributed by atoms with E-state index in [2.05, 4.69) is 27.4 Å². The molecule has 4 heteroatoms. The summed E-state index contributed by atoms with van der Waals surface area (Å²) in [7, 11) is 0. The molecule has 0 spiro atoms. The third-order valence-corrected chi connectivity index (χ3v) is 13.3. The van der Waals surface area contributed by atoms with E-state index < -0.39 is 25.7 Å². The summed E-state index contributed by atoms with van der Waals surface area (Å²) in [6.07, 6.45) is 16.5. The van der Waals surface area contributed by atoms with Crippen LogP contribution >= 0.6 is 0 Å². The number of hydrogen-bond acceptors (Lipinski definition) is 3. The first-order chi connectivity index (χ1) is 14.5. The molecule has 0 saturated carbocycles. The average molecular weight is 516 g/mol. The second-order valence-electron chi connectivity index (χ2n) is 6.84. The van der Waals surface area contributed by atoms with Crippen LogP contribution in [0.3, 0.4) is 0 Å². The maximum atomic E-state index is 9.14. The summed E-state index contributed by atoms with van der Waals surface area (Å²) in [5, 5.41) is 17.3. The summed E-state index contributed by atoms with van der Waals surface area (Å²) in [4.78, 5) is 9.14. The number of carboxylic acid groups (broad SMARTS) is 1. The minimum absolute atomic E-state index is 0.722. The number of nitrogens with zero attached hydrogens (tertiary/aromatic N) is 1. The van der Waals surface area contributed by atoms with Crippen molar-refractivity contribution in [2.75, 3.05) is 0 Å². The van der Waals surface area contributed by atoms with Crippen molar-refractivity contribution in [2.24, 2.45) is 0 Å². The molecular weight excluding hydrogens is 477 g/mol. The normalized spacial score (nSPS) is 9.80. The van der Waals surface area contributed by atoms with Gasteiger partial charge in [-0.25, -0.2) is 0 Å². The summed E-state index contributed by atoms with van der Waals surface area (Å²) in [6, 6.07) is 11.9. The number of carbonyl (C=O) groups excluding carboxylic acids is 1. The molecule has 0 amide bonds. The Hall–Kier alpha value is -1.80. The average Bonchev–Trinajstić information content (AvgIpc) is 2.78. The number of rotatable bonds is 12. The predicted octanol–water partition coefficient (Wildman–Crippen LogP) is 6.58. The van der Waals surface area contributed by atoms with Crippen LogP contribution in [-0.2, 0) is 4.79 Å². The molecule has 30 heavy (non-hydrogen) atoms. The van der Waals surface area contributed by atoms with Gasteiger partial charge in [0.15, 0.2) is 0 Å². The molecule has 1 aromatic carbocycles. The first kappa shape index (κ1) is 30.4. The summed E-state index contributed by atoms with van der Waals surface area (Å²) < 4.78 is 5.04. The molecule has 1 aromatic rings. The van der Waals surface area contributed by atoms with Crippen molar-refractivity contribution in [3.8, 4) is 6.07 Å². The van der Waals surface area contributed by atoms with Gasteiger partial charge in [-0.05, 0) is 11.6 Å². The van der Waals surface area contributed by atoms with E-state index in [0.29, 0.717) is 0 Å². The molecule has 0 radical (unpaired) electrons. The van der Waals surface area contributed by atoms with Gasteiger partial charge in [-0.3, -0.25) is 0 Å². The van der Waals surface area contributed by atoms with E-state index >= 15 is 0 Å². The van der Waals surface area contributed by atoms with Crippen LogP contribution < -0.4 is 5.11 Å². The van der Waals surface area contributed by atoms with Gasteiger partial charge in [-0.15, -0.1) is 0 Å². The quantitative estimate of drug-likeness (QED) is 0.136. The Bertz CT molecular complexity index is 599. The number of benzene rings is 1. The summed E-state index contributed by atoms with van der Waals surface area (Å²) >= 11 is -0.839. The first-order valence-electron chi connectivity index (χ1n) is 11.0. The van der Waals surface area contributed by atoms with Crippen LogP contribution in [0.4, 0.5) is 0 Å². The number of aliphatic carboxylic acids is 1. The zero-order valence-corrected chi connectivity index (χ0v) is 22.0. The Morgan fingerprint density at radius 2 is 1.47 bits per heavy atom. The Kier molecular flexibility index (Phi) is 25.6. The molecule has 0 atom stereocenters. The topological polar surface area (TPSA) is 63.9 Å². The number of carboxylic acids is 1. The Morgan fingerprint density at radius 3 is 1.83 bits per heavy atom. The molecule has 3 nitrogen and oxygen atoms in total. The van der Waals surface area contributed by atoms with Crippen LogP contribution in [0.1, 0.15) is 64.9 Å². The molecule has 0 heterocycles. The number of unbranched alkanes of at least 4 members (excludes halogenated alkanes) is 3. The third kappa shape index (κ3) is 24.2. The van der Waals surface area contributed by atoms with Gasteiger partial charge < -0.3 is 9.90 Å². The standard InChI is InChI=1S/C11H9N.3C4H9.C3H4O2.Sn/c12-10-6-2-5-9-11-7-3-1-4-8-11;3*1-3-4-2;1-2-3(4)5;/h1-9H;3*1,3-4H2,2H3;2H,1H2,(H,4,5);/q;;;;;+1/p-1. The fraction of sp³-hybridized carbons (Fsp3) is 0.462. The zero-order valence-electron chi connectivity index (χ0n) is 19.1. The van der Waals surface area contributed by atoms with Crippen LogP contribution in [0.15, 0.2) is 61.2 Å². The molecule has 1 rings (SSSR count). The van der Waals surface area contributed by atoms with E-state index in [9.17, 15) is 0 Å². The van der Waals surface area contributed by atoms with Gasteiger partial charge in [0.25, 0.3) is 0 Å². The molecule has 0 aliphatic rings. The van der Waals surface area contributed by atoms with Crippen molar-refractivity contribution in [1.29, 1.82) is 5.26 Å². The van der Waals surface area contributed by atoms with E-state index in [-0.39, 0.29) is 0 Å². The second kappa shape index (κ2) is 25.2. The van der Waals surface area contributed by atoms with Gasteiger partial charge in [0.05, 0.1) is 12.0 Å². The van der Waals surface area contributed by atoms with Crippen molar-refractivity contribution in [1.82, 2.24) is 0 Å². The Balaban J connectivity index is 0. The van der Waals surface area contributed by atoms with Gasteiger partial charge in [0, 0.05) is 6.08 Å². The number of allylic oxidation sites excluding steroid dienone is 3.